The van der Waals surface area contributed by atoms with Gasteiger partial charge in [-0.3, -0.25) is 18.7 Å². The lowest BCUT2D eigenvalue weighted by Gasteiger charge is -2.14. The second-order valence-corrected chi connectivity index (χ2v) is 6.98. The lowest BCUT2D eigenvalue weighted by atomic mass is 9.87. The maximum absolute atomic E-state index is 13.2. The maximum atomic E-state index is 13.2. The Morgan fingerprint density at radius 2 is 1.96 bits per heavy atom. The SMILES string of the molecule is Bc1cnc2c(c1Cc1ccc(Cl)cc1)c(=O)n(CCCOC=O)c(=O)n2C. The fraction of sp³-hybridized carbons (Fsp3) is 0.263. The molecular formula is C19H19BClN3O4. The highest BCUT2D eigenvalue weighted by Crippen LogP contribution is 2.16. The molecule has 28 heavy (non-hydrogen) atoms. The van der Waals surface area contributed by atoms with E-state index < -0.39 is 5.69 Å². The summed E-state index contributed by atoms with van der Waals surface area (Å²) in [5.41, 5.74) is 2.21. The summed E-state index contributed by atoms with van der Waals surface area (Å²) < 4.78 is 7.20. The highest BCUT2D eigenvalue weighted by atomic mass is 35.5. The number of aromatic nitrogens is 3. The Labute approximate surface area is 166 Å². The minimum atomic E-state index is -0.447. The summed E-state index contributed by atoms with van der Waals surface area (Å²) >= 11 is 5.96. The Morgan fingerprint density at radius 3 is 2.64 bits per heavy atom. The Hall–Kier alpha value is -2.87. The number of halogens is 1. The largest absolute Gasteiger partial charge is 0.468 e. The molecule has 1 aromatic carbocycles. The number of aryl methyl sites for hydroxylation is 1. The van der Waals surface area contributed by atoms with Crippen molar-refractivity contribution in [2.24, 2.45) is 7.05 Å². The number of pyridine rings is 1. The van der Waals surface area contributed by atoms with Crippen LogP contribution in [0, 0.1) is 0 Å². The van der Waals surface area contributed by atoms with Gasteiger partial charge < -0.3 is 4.74 Å². The quantitative estimate of drug-likeness (QED) is 0.321. The molecule has 0 atom stereocenters. The van der Waals surface area contributed by atoms with Gasteiger partial charge in [0.15, 0.2) is 0 Å². The van der Waals surface area contributed by atoms with E-state index in [2.05, 4.69) is 9.72 Å². The minimum Gasteiger partial charge on any atom is -0.468 e. The molecule has 0 fully saturated rings. The Balaban J connectivity index is 2.15. The van der Waals surface area contributed by atoms with E-state index >= 15 is 0 Å². The van der Waals surface area contributed by atoms with Crippen LogP contribution in [0.5, 0.6) is 0 Å². The van der Waals surface area contributed by atoms with Gasteiger partial charge in [-0.05, 0) is 36.1 Å². The Kier molecular flexibility index (Phi) is 5.99. The maximum Gasteiger partial charge on any atom is 0.332 e. The fourth-order valence-corrected chi connectivity index (χ4v) is 3.32. The second kappa shape index (κ2) is 8.43. The average Bonchev–Trinajstić information content (AvgIpc) is 2.68. The summed E-state index contributed by atoms with van der Waals surface area (Å²) in [5, 5.41) is 1.07. The van der Waals surface area contributed by atoms with Crippen molar-refractivity contribution in [2.75, 3.05) is 6.61 Å². The molecule has 2 aromatic heterocycles. The van der Waals surface area contributed by atoms with E-state index in [9.17, 15) is 14.4 Å². The van der Waals surface area contributed by atoms with Crippen molar-refractivity contribution >= 4 is 42.4 Å². The molecule has 0 unspecified atom stereocenters. The molecule has 0 aliphatic heterocycles. The lowest BCUT2D eigenvalue weighted by molar-refractivity contribution is -0.128. The van der Waals surface area contributed by atoms with Crippen molar-refractivity contribution < 1.29 is 9.53 Å². The highest BCUT2D eigenvalue weighted by Gasteiger charge is 2.17. The van der Waals surface area contributed by atoms with Crippen molar-refractivity contribution in [1.82, 2.24) is 14.1 Å². The predicted molar refractivity (Wildman–Crippen MR) is 110 cm³/mol. The van der Waals surface area contributed by atoms with Crippen LogP contribution in [0.15, 0.2) is 40.1 Å². The zero-order chi connectivity index (χ0) is 20.3. The van der Waals surface area contributed by atoms with Gasteiger partial charge in [0.05, 0.1) is 12.0 Å². The number of rotatable bonds is 7. The normalized spacial score (nSPS) is 10.9. The second-order valence-electron chi connectivity index (χ2n) is 6.54. The third kappa shape index (κ3) is 3.87. The molecule has 0 saturated carbocycles. The molecule has 0 radical (unpaired) electrons. The first-order chi connectivity index (χ1) is 13.4. The van der Waals surface area contributed by atoms with Gasteiger partial charge in [0.1, 0.15) is 13.5 Å². The number of nitrogens with zero attached hydrogens (tertiary/aromatic N) is 3. The third-order valence-corrected chi connectivity index (χ3v) is 4.93. The van der Waals surface area contributed by atoms with E-state index in [0.717, 1.165) is 16.6 Å². The molecule has 0 bridgehead atoms. The van der Waals surface area contributed by atoms with Crippen LogP contribution in [0.25, 0.3) is 11.0 Å². The summed E-state index contributed by atoms with van der Waals surface area (Å²) in [6.45, 7) is 0.642. The lowest BCUT2D eigenvalue weighted by Crippen LogP contribution is -2.40. The van der Waals surface area contributed by atoms with Gasteiger partial charge in [-0.15, -0.1) is 0 Å². The monoisotopic (exact) mass is 399 g/mol. The number of hydrogen-bond acceptors (Lipinski definition) is 5. The summed E-state index contributed by atoms with van der Waals surface area (Å²) in [7, 11) is 3.49. The van der Waals surface area contributed by atoms with Crippen molar-refractivity contribution in [2.45, 2.75) is 19.4 Å². The number of fused-ring (bicyclic) bond motifs is 1. The third-order valence-electron chi connectivity index (χ3n) is 4.68. The van der Waals surface area contributed by atoms with E-state index in [0.29, 0.717) is 35.4 Å². The number of hydrogen-bond donors (Lipinski definition) is 0. The van der Waals surface area contributed by atoms with Crippen molar-refractivity contribution in [3.8, 4) is 0 Å². The van der Waals surface area contributed by atoms with E-state index in [-0.39, 0.29) is 18.7 Å². The molecule has 0 saturated heterocycles. The summed E-state index contributed by atoms with van der Waals surface area (Å²) in [6.07, 6.45) is 2.56. The van der Waals surface area contributed by atoms with Gasteiger partial charge >= 0.3 is 5.69 Å². The van der Waals surface area contributed by atoms with Crippen molar-refractivity contribution in [1.29, 1.82) is 0 Å². The molecule has 3 rings (SSSR count). The van der Waals surface area contributed by atoms with Crippen LogP contribution < -0.4 is 16.7 Å². The first-order valence-corrected chi connectivity index (χ1v) is 9.19. The van der Waals surface area contributed by atoms with Crippen LogP contribution in [-0.2, 0) is 29.5 Å². The zero-order valence-electron chi connectivity index (χ0n) is 15.6. The molecule has 7 nitrogen and oxygen atoms in total. The molecule has 0 amide bonds. The Bertz CT molecular complexity index is 1140. The first-order valence-electron chi connectivity index (χ1n) is 8.81. The van der Waals surface area contributed by atoms with Crippen LogP contribution in [0.3, 0.4) is 0 Å². The molecule has 3 aromatic rings. The summed E-state index contributed by atoms with van der Waals surface area (Å²) in [4.78, 5) is 40.4. The highest BCUT2D eigenvalue weighted by molar-refractivity contribution is 6.34. The summed E-state index contributed by atoms with van der Waals surface area (Å²) in [6, 6.07) is 7.42. The van der Waals surface area contributed by atoms with Gasteiger partial charge in [-0.2, -0.15) is 0 Å². The van der Waals surface area contributed by atoms with Crippen molar-refractivity contribution in [3.05, 3.63) is 67.4 Å². The van der Waals surface area contributed by atoms with Gasteiger partial charge in [0.2, 0.25) is 0 Å². The molecule has 0 spiro atoms. The van der Waals surface area contributed by atoms with Crippen LogP contribution in [0.4, 0.5) is 0 Å². The number of ether oxygens (including phenoxy) is 1. The van der Waals surface area contributed by atoms with Gasteiger partial charge in [0, 0.05) is 24.8 Å². The Morgan fingerprint density at radius 1 is 1.25 bits per heavy atom. The topological polar surface area (TPSA) is 83.2 Å². The molecule has 9 heteroatoms. The van der Waals surface area contributed by atoms with E-state index in [1.807, 2.05) is 20.0 Å². The minimum absolute atomic E-state index is 0.140. The number of carbonyl (C=O) groups excluding carboxylic acids is 1. The van der Waals surface area contributed by atoms with Crippen LogP contribution in [0.2, 0.25) is 5.02 Å². The molecule has 2 heterocycles. The average molecular weight is 400 g/mol. The zero-order valence-corrected chi connectivity index (χ0v) is 16.4. The predicted octanol–water partition coefficient (Wildman–Crippen LogP) is 0.161. The molecule has 0 aliphatic carbocycles. The van der Waals surface area contributed by atoms with Gasteiger partial charge in [-0.25, -0.2) is 9.78 Å². The first kappa shape index (κ1) is 19.9. The van der Waals surface area contributed by atoms with Crippen LogP contribution in [0.1, 0.15) is 17.5 Å². The number of benzene rings is 1. The smallest absolute Gasteiger partial charge is 0.332 e. The standard InChI is InChI=1S/C19H19BClN3O4/c1-23-17-16(18(26)24(19(23)27)7-2-8-28-11-25)14(15(20)10-22-17)9-12-3-5-13(21)6-4-12/h3-6,10-11H,2,7-9,20H2,1H3. The van der Waals surface area contributed by atoms with E-state index in [1.54, 1.807) is 25.4 Å². The molecular weight excluding hydrogens is 380 g/mol. The van der Waals surface area contributed by atoms with E-state index in [4.69, 9.17) is 11.6 Å². The van der Waals surface area contributed by atoms with E-state index in [1.165, 1.54) is 9.13 Å². The van der Waals surface area contributed by atoms with Gasteiger partial charge in [0.25, 0.3) is 12.0 Å². The van der Waals surface area contributed by atoms with Crippen LogP contribution >= 0.6 is 11.6 Å². The fourth-order valence-electron chi connectivity index (χ4n) is 3.19. The molecule has 0 N–H and O–H groups in total. The van der Waals surface area contributed by atoms with Crippen molar-refractivity contribution in [3.63, 3.8) is 0 Å². The summed E-state index contributed by atoms with van der Waals surface area (Å²) in [5.74, 6) is 0. The van der Waals surface area contributed by atoms with Gasteiger partial charge in [-0.1, -0.05) is 29.2 Å². The van der Waals surface area contributed by atoms with Crippen LogP contribution in [-0.4, -0.2) is 35.0 Å². The molecule has 0 aliphatic rings. The number of carbonyl (C=O) groups is 1. The molecule has 144 valence electrons.